The predicted molar refractivity (Wildman–Crippen MR) is 138 cm³/mol. The minimum absolute atomic E-state index is 0.00353. The molecule has 0 spiro atoms. The number of aromatic nitrogens is 2. The summed E-state index contributed by atoms with van der Waals surface area (Å²) in [6, 6.07) is 8.55. The number of benzene rings is 1. The standard InChI is InChI=1S/C22H32ClN11O/c23-18-20(26)31-19(25)17(30-18)21(35)32-22(27)29-16-6-9-33(10-7-16)13-15-3-1-14(2-4-15)5-11-34(28)12-8-24/h1-4,8,12,16H,5-7,9-11,13,24,28H2,(H4,25,26,31)(H3,27,29,32,35)/b12-8-. The van der Waals surface area contributed by atoms with Crippen molar-refractivity contribution in [1.82, 2.24) is 25.2 Å². The van der Waals surface area contributed by atoms with Crippen LogP contribution in [0.4, 0.5) is 11.6 Å². The van der Waals surface area contributed by atoms with Crippen molar-refractivity contribution in [1.29, 1.82) is 0 Å². The fraction of sp³-hybridized carbons (Fsp3) is 0.364. The summed E-state index contributed by atoms with van der Waals surface area (Å²) in [5.41, 5.74) is 24.8. The highest BCUT2D eigenvalue weighted by Crippen LogP contribution is 2.18. The smallest absolute Gasteiger partial charge is 0.280 e. The number of carbonyl (C=O) groups is 1. The van der Waals surface area contributed by atoms with Gasteiger partial charge in [0.1, 0.15) is 0 Å². The van der Waals surface area contributed by atoms with Gasteiger partial charge in [-0.1, -0.05) is 35.9 Å². The summed E-state index contributed by atoms with van der Waals surface area (Å²) < 4.78 is 0. The maximum absolute atomic E-state index is 12.4. The molecule has 188 valence electrons. The van der Waals surface area contributed by atoms with E-state index in [9.17, 15) is 4.79 Å². The monoisotopic (exact) mass is 501 g/mol. The highest BCUT2D eigenvalue weighted by molar-refractivity contribution is 6.31. The van der Waals surface area contributed by atoms with Gasteiger partial charge in [-0.25, -0.2) is 20.8 Å². The van der Waals surface area contributed by atoms with Crippen molar-refractivity contribution in [2.24, 2.45) is 22.3 Å². The Kier molecular flexibility index (Phi) is 9.06. The molecule has 11 N–H and O–H groups in total. The average Bonchev–Trinajstić information content (AvgIpc) is 2.82. The zero-order chi connectivity index (χ0) is 25.4. The number of anilines is 2. The first-order valence-electron chi connectivity index (χ1n) is 11.2. The van der Waals surface area contributed by atoms with Crippen LogP contribution in [0.2, 0.25) is 5.15 Å². The van der Waals surface area contributed by atoms with E-state index in [0.29, 0.717) is 6.54 Å². The van der Waals surface area contributed by atoms with Gasteiger partial charge < -0.3 is 27.9 Å². The number of hydrogen-bond donors (Lipinski definition) is 6. The average molecular weight is 502 g/mol. The first-order valence-corrected chi connectivity index (χ1v) is 11.6. The lowest BCUT2D eigenvalue weighted by molar-refractivity contribution is 0.0972. The lowest BCUT2D eigenvalue weighted by atomic mass is 10.0. The molecule has 0 bridgehead atoms. The number of nitrogens with two attached hydrogens (primary N) is 5. The fourth-order valence-corrected chi connectivity index (χ4v) is 3.86. The number of aliphatic imine (C=N–C) groups is 1. The van der Waals surface area contributed by atoms with E-state index in [1.54, 1.807) is 11.2 Å². The van der Waals surface area contributed by atoms with Gasteiger partial charge in [-0.05, 0) is 30.4 Å². The third-order valence-electron chi connectivity index (χ3n) is 5.61. The number of rotatable bonds is 8. The molecule has 3 rings (SSSR count). The van der Waals surface area contributed by atoms with Crippen LogP contribution in [-0.4, -0.2) is 57.4 Å². The summed E-state index contributed by atoms with van der Waals surface area (Å²) in [5.74, 6) is 4.96. The normalized spacial score (nSPS) is 15.4. The minimum Gasteiger partial charge on any atom is -0.403 e. The SMILES string of the molecule is N/C=C\N(N)CCc1ccc(CN2CCC(N=C(N)NC(=O)c3nc(Cl)c(N)nc3N)CC2)cc1. The lowest BCUT2D eigenvalue weighted by Crippen LogP contribution is -2.40. The van der Waals surface area contributed by atoms with E-state index in [1.165, 1.54) is 17.3 Å². The molecule has 1 fully saturated rings. The molecule has 1 amide bonds. The highest BCUT2D eigenvalue weighted by Gasteiger charge is 2.21. The van der Waals surface area contributed by atoms with Gasteiger partial charge in [0.25, 0.3) is 5.91 Å². The first-order chi connectivity index (χ1) is 16.7. The van der Waals surface area contributed by atoms with E-state index in [-0.39, 0.29) is 34.5 Å². The molecule has 35 heavy (non-hydrogen) atoms. The molecular weight excluding hydrogens is 470 g/mol. The molecule has 1 aromatic heterocycles. The number of hydrogen-bond acceptors (Lipinski definition) is 10. The van der Waals surface area contributed by atoms with Gasteiger partial charge >= 0.3 is 0 Å². The Morgan fingerprint density at radius 3 is 2.49 bits per heavy atom. The molecule has 1 saturated heterocycles. The Morgan fingerprint density at radius 1 is 1.17 bits per heavy atom. The Morgan fingerprint density at radius 2 is 1.83 bits per heavy atom. The molecule has 0 atom stereocenters. The number of nitrogens with one attached hydrogen (secondary N) is 1. The van der Waals surface area contributed by atoms with E-state index in [1.807, 2.05) is 0 Å². The van der Waals surface area contributed by atoms with Crippen molar-refractivity contribution in [2.45, 2.75) is 31.8 Å². The highest BCUT2D eigenvalue weighted by atomic mass is 35.5. The zero-order valence-corrected chi connectivity index (χ0v) is 20.2. The molecule has 1 aromatic carbocycles. The van der Waals surface area contributed by atoms with Crippen LogP contribution < -0.4 is 34.1 Å². The van der Waals surface area contributed by atoms with Crippen molar-refractivity contribution in [3.05, 3.63) is 58.6 Å². The molecule has 2 heterocycles. The zero-order valence-electron chi connectivity index (χ0n) is 19.4. The van der Waals surface area contributed by atoms with Crippen LogP contribution in [0, 0.1) is 0 Å². The third kappa shape index (κ3) is 7.70. The maximum Gasteiger partial charge on any atom is 0.280 e. The van der Waals surface area contributed by atoms with Gasteiger partial charge in [-0.15, -0.1) is 0 Å². The van der Waals surface area contributed by atoms with Gasteiger partial charge in [0, 0.05) is 38.6 Å². The van der Waals surface area contributed by atoms with Gasteiger partial charge in [0.15, 0.2) is 28.4 Å². The summed E-state index contributed by atoms with van der Waals surface area (Å²) in [5, 5.41) is 3.94. The Hall–Kier alpha value is -3.61. The van der Waals surface area contributed by atoms with Gasteiger partial charge in [0.2, 0.25) is 0 Å². The minimum atomic E-state index is -0.644. The molecule has 12 nitrogen and oxygen atoms in total. The second-order valence-electron chi connectivity index (χ2n) is 8.26. The van der Waals surface area contributed by atoms with E-state index in [4.69, 9.17) is 40.4 Å². The molecule has 1 aliphatic heterocycles. The number of hydrazine groups is 1. The van der Waals surface area contributed by atoms with E-state index in [2.05, 4.69) is 49.4 Å². The number of amides is 1. The van der Waals surface area contributed by atoms with Crippen LogP contribution in [0.15, 0.2) is 41.7 Å². The van der Waals surface area contributed by atoms with E-state index >= 15 is 0 Å². The van der Waals surface area contributed by atoms with E-state index in [0.717, 1.165) is 38.9 Å². The summed E-state index contributed by atoms with van der Waals surface area (Å²) in [6.45, 7) is 3.30. The number of nitrogens with zero attached hydrogens (tertiary/aromatic N) is 5. The van der Waals surface area contributed by atoms with Crippen LogP contribution in [0.1, 0.15) is 34.5 Å². The first kappa shape index (κ1) is 26.0. The molecule has 0 saturated carbocycles. The number of carbonyl (C=O) groups excluding carboxylic acids is 1. The lowest BCUT2D eigenvalue weighted by Gasteiger charge is -2.30. The largest absolute Gasteiger partial charge is 0.403 e. The van der Waals surface area contributed by atoms with Crippen molar-refractivity contribution in [3.8, 4) is 0 Å². The van der Waals surface area contributed by atoms with Gasteiger partial charge in [-0.2, -0.15) is 0 Å². The third-order valence-corrected chi connectivity index (χ3v) is 5.88. The van der Waals surface area contributed by atoms with Crippen LogP contribution in [-0.2, 0) is 13.0 Å². The number of guanidine groups is 1. The summed E-state index contributed by atoms with van der Waals surface area (Å²) in [6.07, 6.45) is 5.55. The quantitative estimate of drug-likeness (QED) is 0.125. The number of likely N-dealkylation sites (tertiary alicyclic amines) is 1. The predicted octanol–water partition coefficient (Wildman–Crippen LogP) is 0.152. The number of nitrogen functional groups attached to an aromatic ring is 2. The topological polar surface area (TPSA) is 204 Å². The summed E-state index contributed by atoms with van der Waals surface area (Å²) >= 11 is 5.82. The second kappa shape index (κ2) is 12.2. The Bertz CT molecular complexity index is 1070. The molecule has 2 aromatic rings. The second-order valence-corrected chi connectivity index (χ2v) is 8.61. The molecular formula is C22H32ClN11O. The fourth-order valence-electron chi connectivity index (χ4n) is 3.73. The molecule has 0 unspecified atom stereocenters. The number of piperidine rings is 1. The van der Waals surface area contributed by atoms with Crippen LogP contribution >= 0.6 is 11.6 Å². The molecule has 13 heteroatoms. The van der Waals surface area contributed by atoms with Crippen molar-refractivity contribution >= 4 is 35.1 Å². The van der Waals surface area contributed by atoms with Crippen molar-refractivity contribution in [3.63, 3.8) is 0 Å². The Balaban J connectivity index is 1.45. The van der Waals surface area contributed by atoms with Gasteiger partial charge in [0.05, 0.1) is 6.04 Å². The molecule has 0 radical (unpaired) electrons. The molecule has 1 aliphatic rings. The van der Waals surface area contributed by atoms with Crippen molar-refractivity contribution in [2.75, 3.05) is 31.1 Å². The number of halogens is 1. The summed E-state index contributed by atoms with van der Waals surface area (Å²) in [4.78, 5) is 26.8. The summed E-state index contributed by atoms with van der Waals surface area (Å²) in [7, 11) is 0. The van der Waals surface area contributed by atoms with Crippen LogP contribution in [0.3, 0.4) is 0 Å². The maximum atomic E-state index is 12.4. The molecule has 0 aliphatic carbocycles. The van der Waals surface area contributed by atoms with Crippen LogP contribution in [0.5, 0.6) is 0 Å². The van der Waals surface area contributed by atoms with Crippen molar-refractivity contribution < 1.29 is 4.79 Å². The Labute approximate surface area is 209 Å². The van der Waals surface area contributed by atoms with Gasteiger partial charge in [-0.3, -0.25) is 15.0 Å². The van der Waals surface area contributed by atoms with E-state index < -0.39 is 5.91 Å². The van der Waals surface area contributed by atoms with Crippen LogP contribution in [0.25, 0.3) is 0 Å².